The van der Waals surface area contributed by atoms with Gasteiger partial charge in [0.1, 0.15) is 0 Å². The zero-order valence-corrected chi connectivity index (χ0v) is 14.5. The van der Waals surface area contributed by atoms with E-state index in [0.717, 1.165) is 30.1 Å². The molecule has 0 saturated heterocycles. The van der Waals surface area contributed by atoms with Crippen LogP contribution in [0.4, 0.5) is 0 Å². The summed E-state index contributed by atoms with van der Waals surface area (Å²) in [5.41, 5.74) is 2.51. The lowest BCUT2D eigenvalue weighted by atomic mass is 10.1. The number of unbranched alkanes of at least 4 members (excludes halogenated alkanes) is 1. The van der Waals surface area contributed by atoms with Crippen molar-refractivity contribution in [3.8, 4) is 0 Å². The first kappa shape index (κ1) is 16.9. The van der Waals surface area contributed by atoms with E-state index in [4.69, 9.17) is 9.47 Å². The van der Waals surface area contributed by atoms with Crippen LogP contribution in [-0.2, 0) is 22.6 Å². The summed E-state index contributed by atoms with van der Waals surface area (Å²) in [4.78, 5) is 0. The highest BCUT2D eigenvalue weighted by atomic mass is 79.9. The van der Waals surface area contributed by atoms with Crippen molar-refractivity contribution in [2.24, 2.45) is 0 Å². The molecule has 0 radical (unpaired) electrons. The van der Waals surface area contributed by atoms with Crippen LogP contribution in [0.1, 0.15) is 43.7 Å². The van der Waals surface area contributed by atoms with Crippen molar-refractivity contribution in [1.29, 1.82) is 0 Å². The highest BCUT2D eigenvalue weighted by Gasteiger charge is 2.19. The average Bonchev–Trinajstić information content (AvgIpc) is 3.30. The zero-order chi connectivity index (χ0) is 14.9. The highest BCUT2D eigenvalue weighted by molar-refractivity contribution is 9.10. The molecular weight excluding hydrogens is 330 g/mol. The Balaban J connectivity index is 1.63. The summed E-state index contributed by atoms with van der Waals surface area (Å²) in [6.45, 7) is 5.93. The normalized spacial score (nSPS) is 14.6. The lowest BCUT2D eigenvalue weighted by molar-refractivity contribution is 0.0395. The molecule has 1 aromatic rings. The van der Waals surface area contributed by atoms with Crippen LogP contribution < -0.4 is 5.32 Å². The second-order valence-electron chi connectivity index (χ2n) is 5.60. The molecule has 1 N–H and O–H groups in total. The SMILES string of the molecule is CCCCOCCOCc1ccc(CNC2CC2)cc1Br. The topological polar surface area (TPSA) is 30.5 Å². The van der Waals surface area contributed by atoms with Gasteiger partial charge in [0.05, 0.1) is 19.8 Å². The maximum Gasteiger partial charge on any atom is 0.0728 e. The van der Waals surface area contributed by atoms with Crippen LogP contribution in [0, 0.1) is 0 Å². The van der Waals surface area contributed by atoms with Gasteiger partial charge >= 0.3 is 0 Å². The van der Waals surface area contributed by atoms with Gasteiger partial charge in [-0.05, 0) is 36.5 Å². The van der Waals surface area contributed by atoms with Gasteiger partial charge in [-0.15, -0.1) is 0 Å². The molecule has 0 bridgehead atoms. The molecule has 1 aliphatic carbocycles. The minimum absolute atomic E-state index is 0.633. The molecule has 0 aliphatic heterocycles. The maximum absolute atomic E-state index is 5.66. The van der Waals surface area contributed by atoms with Crippen LogP contribution >= 0.6 is 15.9 Å². The molecule has 4 heteroatoms. The third kappa shape index (κ3) is 6.92. The van der Waals surface area contributed by atoms with Crippen LogP contribution in [0.25, 0.3) is 0 Å². The Morgan fingerprint density at radius 2 is 2.00 bits per heavy atom. The van der Waals surface area contributed by atoms with Crippen LogP contribution in [0.5, 0.6) is 0 Å². The zero-order valence-electron chi connectivity index (χ0n) is 12.9. The Labute approximate surface area is 136 Å². The second-order valence-corrected chi connectivity index (χ2v) is 6.45. The predicted molar refractivity (Wildman–Crippen MR) is 89.4 cm³/mol. The van der Waals surface area contributed by atoms with E-state index >= 15 is 0 Å². The van der Waals surface area contributed by atoms with Crippen molar-refractivity contribution >= 4 is 15.9 Å². The smallest absolute Gasteiger partial charge is 0.0728 e. The standard InChI is InChI=1S/C17H26BrNO2/c1-2-3-8-20-9-10-21-13-15-5-4-14(11-17(15)18)12-19-16-6-7-16/h4-5,11,16,19H,2-3,6-10,12-13H2,1H3. The first-order valence-corrected chi connectivity index (χ1v) is 8.75. The van der Waals surface area contributed by atoms with Crippen LogP contribution in [0.3, 0.4) is 0 Å². The number of nitrogens with one attached hydrogen (secondary N) is 1. The van der Waals surface area contributed by atoms with E-state index < -0.39 is 0 Å². The number of hydrogen-bond acceptors (Lipinski definition) is 3. The molecule has 0 amide bonds. The summed E-state index contributed by atoms with van der Waals surface area (Å²) in [5.74, 6) is 0. The van der Waals surface area contributed by atoms with Crippen molar-refractivity contribution in [2.45, 2.75) is 51.8 Å². The molecule has 0 spiro atoms. The van der Waals surface area contributed by atoms with Gasteiger partial charge in [-0.3, -0.25) is 0 Å². The first-order chi connectivity index (χ1) is 10.3. The summed E-state index contributed by atoms with van der Waals surface area (Å²) in [7, 11) is 0. The second kappa shape index (κ2) is 9.57. The minimum Gasteiger partial charge on any atom is -0.379 e. The molecule has 0 atom stereocenters. The number of rotatable bonds is 11. The minimum atomic E-state index is 0.633. The summed E-state index contributed by atoms with van der Waals surface area (Å²) in [6, 6.07) is 7.26. The Hall–Kier alpha value is -0.420. The third-order valence-corrected chi connectivity index (χ3v) is 4.30. The molecule has 118 valence electrons. The molecule has 1 aromatic carbocycles. The first-order valence-electron chi connectivity index (χ1n) is 7.95. The van der Waals surface area contributed by atoms with Gasteiger partial charge < -0.3 is 14.8 Å². The summed E-state index contributed by atoms with van der Waals surface area (Å²) >= 11 is 3.63. The molecule has 21 heavy (non-hydrogen) atoms. The quantitative estimate of drug-likeness (QED) is 0.607. The monoisotopic (exact) mass is 355 g/mol. The summed E-state index contributed by atoms with van der Waals surface area (Å²) < 4.78 is 12.3. The lowest BCUT2D eigenvalue weighted by Crippen LogP contribution is -2.15. The fourth-order valence-corrected chi connectivity index (χ4v) is 2.56. The van der Waals surface area contributed by atoms with E-state index in [1.807, 2.05) is 0 Å². The van der Waals surface area contributed by atoms with Gasteiger partial charge in [-0.25, -0.2) is 0 Å². The molecule has 1 saturated carbocycles. The van der Waals surface area contributed by atoms with E-state index in [1.54, 1.807) is 0 Å². The summed E-state index contributed by atoms with van der Waals surface area (Å²) in [6.07, 6.45) is 4.96. The van der Waals surface area contributed by atoms with Crippen molar-refractivity contribution in [1.82, 2.24) is 5.32 Å². The fraction of sp³-hybridized carbons (Fsp3) is 0.647. The molecule has 0 aromatic heterocycles. The molecule has 3 nitrogen and oxygen atoms in total. The van der Waals surface area contributed by atoms with E-state index in [1.165, 1.54) is 30.4 Å². The Kier molecular flexibility index (Phi) is 7.72. The number of halogens is 1. The third-order valence-electron chi connectivity index (χ3n) is 3.56. The van der Waals surface area contributed by atoms with Crippen molar-refractivity contribution in [3.63, 3.8) is 0 Å². The Morgan fingerprint density at radius 3 is 2.71 bits per heavy atom. The average molecular weight is 356 g/mol. The predicted octanol–water partition coefficient (Wildman–Crippen LogP) is 4.03. The molecule has 0 unspecified atom stereocenters. The Bertz CT molecular complexity index is 421. The van der Waals surface area contributed by atoms with Gasteiger partial charge in [0, 0.05) is 23.7 Å². The molecule has 0 heterocycles. The van der Waals surface area contributed by atoms with Gasteiger partial charge in [0.25, 0.3) is 0 Å². The molecular formula is C17H26BrNO2. The van der Waals surface area contributed by atoms with Crippen molar-refractivity contribution in [3.05, 3.63) is 33.8 Å². The van der Waals surface area contributed by atoms with Crippen molar-refractivity contribution in [2.75, 3.05) is 19.8 Å². The Morgan fingerprint density at radius 1 is 1.19 bits per heavy atom. The molecule has 1 aliphatic rings. The lowest BCUT2D eigenvalue weighted by Gasteiger charge is -2.09. The molecule has 2 rings (SSSR count). The van der Waals surface area contributed by atoms with Gasteiger partial charge in [-0.1, -0.05) is 41.4 Å². The van der Waals surface area contributed by atoms with Gasteiger partial charge in [0.2, 0.25) is 0 Å². The summed E-state index contributed by atoms with van der Waals surface area (Å²) in [5, 5.41) is 3.53. The highest BCUT2D eigenvalue weighted by Crippen LogP contribution is 2.22. The number of benzene rings is 1. The van der Waals surface area contributed by atoms with Crippen LogP contribution in [-0.4, -0.2) is 25.9 Å². The number of hydrogen-bond donors (Lipinski definition) is 1. The number of ether oxygens (including phenoxy) is 2. The van der Waals surface area contributed by atoms with E-state index in [2.05, 4.69) is 46.4 Å². The van der Waals surface area contributed by atoms with E-state index in [9.17, 15) is 0 Å². The fourth-order valence-electron chi connectivity index (χ4n) is 2.02. The molecule has 1 fully saturated rings. The van der Waals surface area contributed by atoms with Gasteiger partial charge in [-0.2, -0.15) is 0 Å². The maximum atomic E-state index is 5.66. The van der Waals surface area contributed by atoms with Crippen molar-refractivity contribution < 1.29 is 9.47 Å². The van der Waals surface area contributed by atoms with Crippen LogP contribution in [0.15, 0.2) is 22.7 Å². The van der Waals surface area contributed by atoms with Crippen LogP contribution in [0.2, 0.25) is 0 Å². The van der Waals surface area contributed by atoms with E-state index in [-0.39, 0.29) is 0 Å². The largest absolute Gasteiger partial charge is 0.379 e. The van der Waals surface area contributed by atoms with Gasteiger partial charge in [0.15, 0.2) is 0 Å². The van der Waals surface area contributed by atoms with E-state index in [0.29, 0.717) is 19.8 Å².